The van der Waals surface area contributed by atoms with Crippen LogP contribution in [0.4, 0.5) is 5.69 Å². The fourth-order valence-electron chi connectivity index (χ4n) is 3.51. The molecule has 0 aliphatic rings. The maximum Gasteiger partial charge on any atom is 0.251 e. The summed E-state index contributed by atoms with van der Waals surface area (Å²) in [5.74, 6) is -0.607. The lowest BCUT2D eigenvalue weighted by Gasteiger charge is -2.19. The summed E-state index contributed by atoms with van der Waals surface area (Å²) in [6.45, 7) is 4.07. The van der Waals surface area contributed by atoms with Gasteiger partial charge in [0.1, 0.15) is 6.04 Å². The van der Waals surface area contributed by atoms with Gasteiger partial charge in [-0.2, -0.15) is 5.10 Å². The number of nitrogens with one attached hydrogen (secondary N) is 2. The van der Waals surface area contributed by atoms with Gasteiger partial charge in [0.2, 0.25) is 5.91 Å². The molecule has 0 unspecified atom stereocenters. The zero-order valence-corrected chi connectivity index (χ0v) is 18.0. The van der Waals surface area contributed by atoms with Gasteiger partial charge in [-0.3, -0.25) is 9.59 Å². The molecule has 0 saturated heterocycles. The van der Waals surface area contributed by atoms with E-state index >= 15 is 0 Å². The number of aromatic nitrogens is 3. The van der Waals surface area contributed by atoms with Gasteiger partial charge in [0, 0.05) is 23.4 Å². The number of rotatable bonds is 7. The Labute approximate surface area is 186 Å². The average molecular weight is 428 g/mol. The zero-order valence-electron chi connectivity index (χ0n) is 18.0. The molecular weight excluding hydrogens is 402 g/mol. The molecule has 7 nitrogen and oxygen atoms in total. The first kappa shape index (κ1) is 21.2. The minimum atomic E-state index is -0.751. The molecule has 2 amide bonds. The molecule has 0 saturated carbocycles. The standard InChI is InChI=1S/C25H25N5O2/c1-17(2)30-23-20(15-27-30)14-21(16-26-23)28-25(32)22(13-18-9-5-3-6-10-18)29-24(31)19-11-7-4-8-12-19/h3-12,14-17,22H,13H2,1-2H3,(H,28,32)(H,29,31)/t22-/m0/s1. The lowest BCUT2D eigenvalue weighted by molar-refractivity contribution is -0.118. The Morgan fingerprint density at radius 3 is 2.34 bits per heavy atom. The summed E-state index contributed by atoms with van der Waals surface area (Å²) in [5, 5.41) is 11.0. The summed E-state index contributed by atoms with van der Waals surface area (Å²) in [5.41, 5.74) is 2.77. The Morgan fingerprint density at radius 2 is 1.66 bits per heavy atom. The van der Waals surface area contributed by atoms with Crippen LogP contribution in [0, 0.1) is 0 Å². The van der Waals surface area contributed by atoms with Crippen LogP contribution in [0.2, 0.25) is 0 Å². The van der Waals surface area contributed by atoms with Crippen LogP contribution in [0.5, 0.6) is 0 Å². The number of carbonyl (C=O) groups is 2. The normalized spacial score (nSPS) is 12.0. The van der Waals surface area contributed by atoms with E-state index in [4.69, 9.17) is 0 Å². The quantitative estimate of drug-likeness (QED) is 0.467. The third-order valence-electron chi connectivity index (χ3n) is 5.13. The molecule has 0 spiro atoms. The number of fused-ring (bicyclic) bond motifs is 1. The van der Waals surface area contributed by atoms with Gasteiger partial charge in [-0.15, -0.1) is 0 Å². The Balaban J connectivity index is 1.55. The van der Waals surface area contributed by atoms with E-state index in [1.54, 1.807) is 36.7 Å². The molecule has 32 heavy (non-hydrogen) atoms. The van der Waals surface area contributed by atoms with E-state index in [1.165, 1.54) is 0 Å². The summed E-state index contributed by atoms with van der Waals surface area (Å²) in [4.78, 5) is 30.4. The molecule has 162 valence electrons. The van der Waals surface area contributed by atoms with Gasteiger partial charge in [-0.1, -0.05) is 48.5 Å². The molecule has 0 aliphatic heterocycles. The van der Waals surface area contributed by atoms with Crippen molar-refractivity contribution in [3.63, 3.8) is 0 Å². The van der Waals surface area contributed by atoms with Crippen molar-refractivity contribution in [1.29, 1.82) is 0 Å². The van der Waals surface area contributed by atoms with E-state index in [0.29, 0.717) is 17.7 Å². The van der Waals surface area contributed by atoms with Crippen LogP contribution in [-0.4, -0.2) is 32.6 Å². The molecule has 2 heterocycles. The van der Waals surface area contributed by atoms with E-state index in [-0.39, 0.29) is 17.9 Å². The Bertz CT molecular complexity index is 1220. The van der Waals surface area contributed by atoms with Crippen LogP contribution in [0.1, 0.15) is 35.8 Å². The first-order valence-electron chi connectivity index (χ1n) is 10.5. The maximum atomic E-state index is 13.2. The van der Waals surface area contributed by atoms with Crippen LogP contribution in [-0.2, 0) is 11.2 Å². The molecule has 4 rings (SSSR count). The van der Waals surface area contributed by atoms with Crippen LogP contribution in [0.15, 0.2) is 79.1 Å². The predicted octanol–water partition coefficient (Wildman–Crippen LogP) is 3.99. The zero-order chi connectivity index (χ0) is 22.5. The second-order valence-electron chi connectivity index (χ2n) is 7.89. The summed E-state index contributed by atoms with van der Waals surface area (Å²) >= 11 is 0. The van der Waals surface area contributed by atoms with Crippen LogP contribution >= 0.6 is 0 Å². The first-order valence-corrected chi connectivity index (χ1v) is 10.5. The van der Waals surface area contributed by atoms with Gasteiger partial charge in [-0.25, -0.2) is 9.67 Å². The van der Waals surface area contributed by atoms with E-state index in [9.17, 15) is 9.59 Å². The van der Waals surface area contributed by atoms with Crippen molar-refractivity contribution >= 4 is 28.5 Å². The first-order chi connectivity index (χ1) is 15.5. The van der Waals surface area contributed by atoms with Crippen molar-refractivity contribution in [3.8, 4) is 0 Å². The molecule has 0 bridgehead atoms. The second-order valence-corrected chi connectivity index (χ2v) is 7.89. The topological polar surface area (TPSA) is 88.9 Å². The monoisotopic (exact) mass is 427 g/mol. The van der Waals surface area contributed by atoms with Crippen molar-refractivity contribution in [2.24, 2.45) is 0 Å². The van der Waals surface area contributed by atoms with Gasteiger partial charge in [0.25, 0.3) is 5.91 Å². The highest BCUT2D eigenvalue weighted by Crippen LogP contribution is 2.19. The number of hydrogen-bond acceptors (Lipinski definition) is 4. The van der Waals surface area contributed by atoms with E-state index in [0.717, 1.165) is 16.6 Å². The van der Waals surface area contributed by atoms with Gasteiger partial charge in [-0.05, 0) is 37.6 Å². The van der Waals surface area contributed by atoms with Gasteiger partial charge < -0.3 is 10.6 Å². The number of pyridine rings is 1. The number of carbonyl (C=O) groups excluding carboxylic acids is 2. The van der Waals surface area contributed by atoms with Crippen LogP contribution in [0.25, 0.3) is 11.0 Å². The SMILES string of the molecule is CC(C)n1ncc2cc(NC(=O)[C@H](Cc3ccccc3)NC(=O)c3ccccc3)cnc21. The molecule has 0 radical (unpaired) electrons. The number of benzene rings is 2. The molecular formula is C25H25N5O2. The molecule has 2 aromatic carbocycles. The van der Waals surface area contributed by atoms with E-state index in [2.05, 4.69) is 20.7 Å². The van der Waals surface area contributed by atoms with Crippen LogP contribution in [0.3, 0.4) is 0 Å². The number of nitrogens with zero attached hydrogens (tertiary/aromatic N) is 3. The Kier molecular flexibility index (Phi) is 6.26. The molecule has 2 aromatic heterocycles. The van der Waals surface area contributed by atoms with Gasteiger partial charge >= 0.3 is 0 Å². The fourth-order valence-corrected chi connectivity index (χ4v) is 3.51. The fraction of sp³-hybridized carbons (Fsp3) is 0.200. The molecule has 4 aromatic rings. The van der Waals surface area contributed by atoms with Crippen LogP contribution < -0.4 is 10.6 Å². The number of anilines is 1. The lowest BCUT2D eigenvalue weighted by atomic mass is 10.0. The third-order valence-corrected chi connectivity index (χ3v) is 5.13. The number of amides is 2. The third kappa shape index (κ3) is 4.83. The number of hydrogen-bond donors (Lipinski definition) is 2. The largest absolute Gasteiger partial charge is 0.340 e. The van der Waals surface area contributed by atoms with Crippen molar-refractivity contribution in [3.05, 3.63) is 90.3 Å². The minimum absolute atomic E-state index is 0.184. The summed E-state index contributed by atoms with van der Waals surface area (Å²) < 4.78 is 1.83. The maximum absolute atomic E-state index is 13.2. The van der Waals surface area contributed by atoms with E-state index in [1.807, 2.05) is 61.0 Å². The van der Waals surface area contributed by atoms with Gasteiger partial charge in [0.15, 0.2) is 5.65 Å². The Hall–Kier alpha value is -4.00. The smallest absolute Gasteiger partial charge is 0.251 e. The molecule has 0 fully saturated rings. The summed E-state index contributed by atoms with van der Waals surface area (Å²) in [6, 6.07) is 19.7. The van der Waals surface area contributed by atoms with Crippen molar-refractivity contribution in [2.75, 3.05) is 5.32 Å². The van der Waals surface area contributed by atoms with Crippen molar-refractivity contribution in [1.82, 2.24) is 20.1 Å². The average Bonchev–Trinajstić information content (AvgIpc) is 3.23. The molecule has 7 heteroatoms. The van der Waals surface area contributed by atoms with E-state index < -0.39 is 6.04 Å². The highest BCUT2D eigenvalue weighted by Gasteiger charge is 2.22. The minimum Gasteiger partial charge on any atom is -0.340 e. The highest BCUT2D eigenvalue weighted by atomic mass is 16.2. The van der Waals surface area contributed by atoms with Gasteiger partial charge in [0.05, 0.1) is 18.1 Å². The molecule has 1 atom stereocenters. The second kappa shape index (κ2) is 9.43. The van der Waals surface area contributed by atoms with Crippen molar-refractivity contribution in [2.45, 2.75) is 32.4 Å². The van der Waals surface area contributed by atoms with Crippen molar-refractivity contribution < 1.29 is 9.59 Å². The molecule has 2 N–H and O–H groups in total. The Morgan fingerprint density at radius 1 is 0.969 bits per heavy atom. The summed E-state index contributed by atoms with van der Waals surface area (Å²) in [6.07, 6.45) is 3.71. The lowest BCUT2D eigenvalue weighted by Crippen LogP contribution is -2.45. The highest BCUT2D eigenvalue weighted by molar-refractivity contribution is 6.01. The predicted molar refractivity (Wildman–Crippen MR) is 124 cm³/mol. The summed E-state index contributed by atoms with van der Waals surface area (Å²) in [7, 11) is 0. The molecule has 0 aliphatic carbocycles.